The van der Waals surface area contributed by atoms with Crippen LogP contribution in [-0.2, 0) is 6.54 Å². The molecule has 0 unspecified atom stereocenters. The zero-order chi connectivity index (χ0) is 10.7. The van der Waals surface area contributed by atoms with Gasteiger partial charge in [0.2, 0.25) is 0 Å². The van der Waals surface area contributed by atoms with Gasteiger partial charge in [-0.3, -0.25) is 0 Å². The molecule has 15 heavy (non-hydrogen) atoms. The van der Waals surface area contributed by atoms with Crippen molar-refractivity contribution in [1.29, 1.82) is 0 Å². The Morgan fingerprint density at radius 1 is 1.47 bits per heavy atom. The summed E-state index contributed by atoms with van der Waals surface area (Å²) in [5.74, 6) is 0. The van der Waals surface area contributed by atoms with E-state index in [1.807, 2.05) is 36.3 Å². The second-order valence-corrected chi connectivity index (χ2v) is 4.20. The van der Waals surface area contributed by atoms with Gasteiger partial charge < -0.3 is 9.88 Å². The number of aromatic nitrogens is 2. The molecule has 0 radical (unpaired) electrons. The van der Waals surface area contributed by atoms with E-state index in [-0.39, 0.29) is 0 Å². The van der Waals surface area contributed by atoms with E-state index in [0.29, 0.717) is 0 Å². The van der Waals surface area contributed by atoms with Crippen LogP contribution in [0.5, 0.6) is 0 Å². The molecule has 4 heteroatoms. The molecule has 3 nitrogen and oxygen atoms in total. The zero-order valence-corrected chi connectivity index (χ0v) is 10.0. The summed E-state index contributed by atoms with van der Waals surface area (Å²) in [6.07, 6.45) is 3.85. The summed E-state index contributed by atoms with van der Waals surface area (Å²) in [4.78, 5) is 4.30. The SMILES string of the molecule is CNCc1cn(-c2cccc(Br)c2)cn1. The maximum atomic E-state index is 4.30. The lowest BCUT2D eigenvalue weighted by molar-refractivity contribution is 0.796. The first-order valence-electron chi connectivity index (χ1n) is 4.73. The van der Waals surface area contributed by atoms with Crippen molar-refractivity contribution in [3.8, 4) is 5.69 Å². The summed E-state index contributed by atoms with van der Waals surface area (Å²) in [5, 5.41) is 3.08. The number of hydrogen-bond donors (Lipinski definition) is 1. The molecule has 0 saturated carbocycles. The summed E-state index contributed by atoms with van der Waals surface area (Å²) in [5.41, 5.74) is 2.15. The van der Waals surface area contributed by atoms with E-state index in [1.54, 1.807) is 0 Å². The maximum absolute atomic E-state index is 4.30. The van der Waals surface area contributed by atoms with E-state index in [1.165, 1.54) is 0 Å². The molecule has 0 atom stereocenters. The lowest BCUT2D eigenvalue weighted by Gasteiger charge is -2.01. The fourth-order valence-electron chi connectivity index (χ4n) is 1.41. The fourth-order valence-corrected chi connectivity index (χ4v) is 1.80. The van der Waals surface area contributed by atoms with E-state index < -0.39 is 0 Å². The number of imidazole rings is 1. The van der Waals surface area contributed by atoms with Crippen LogP contribution in [0.4, 0.5) is 0 Å². The molecule has 0 aliphatic heterocycles. The summed E-state index contributed by atoms with van der Waals surface area (Å²) >= 11 is 3.45. The first kappa shape index (κ1) is 10.4. The molecular formula is C11H12BrN3. The second-order valence-electron chi connectivity index (χ2n) is 3.28. The number of benzene rings is 1. The Labute approximate surface area is 97.3 Å². The van der Waals surface area contributed by atoms with Gasteiger partial charge in [-0.05, 0) is 25.2 Å². The number of hydrogen-bond acceptors (Lipinski definition) is 2. The van der Waals surface area contributed by atoms with Crippen LogP contribution in [-0.4, -0.2) is 16.6 Å². The van der Waals surface area contributed by atoms with Crippen molar-refractivity contribution in [3.63, 3.8) is 0 Å². The van der Waals surface area contributed by atoms with E-state index >= 15 is 0 Å². The highest BCUT2D eigenvalue weighted by Gasteiger charge is 1.99. The Balaban J connectivity index is 2.29. The van der Waals surface area contributed by atoms with Crippen LogP contribution in [0.2, 0.25) is 0 Å². The van der Waals surface area contributed by atoms with E-state index in [0.717, 1.165) is 22.4 Å². The van der Waals surface area contributed by atoms with E-state index in [4.69, 9.17) is 0 Å². The predicted octanol–water partition coefficient (Wildman–Crippen LogP) is 2.35. The van der Waals surface area contributed by atoms with Crippen LogP contribution in [0.15, 0.2) is 41.3 Å². The molecule has 78 valence electrons. The van der Waals surface area contributed by atoms with Crippen LogP contribution >= 0.6 is 15.9 Å². The Bertz CT molecular complexity index is 451. The van der Waals surface area contributed by atoms with Crippen molar-refractivity contribution in [1.82, 2.24) is 14.9 Å². The van der Waals surface area contributed by atoms with Gasteiger partial charge in [0.15, 0.2) is 0 Å². The normalized spacial score (nSPS) is 10.5. The third-order valence-electron chi connectivity index (χ3n) is 2.10. The van der Waals surface area contributed by atoms with Crippen molar-refractivity contribution in [3.05, 3.63) is 47.0 Å². The molecule has 1 aromatic heterocycles. The molecule has 1 N–H and O–H groups in total. The van der Waals surface area contributed by atoms with Gasteiger partial charge in [0.05, 0.1) is 12.0 Å². The van der Waals surface area contributed by atoms with Gasteiger partial charge in [0, 0.05) is 22.9 Å². The molecule has 2 rings (SSSR count). The number of rotatable bonds is 3. The molecule has 0 bridgehead atoms. The van der Waals surface area contributed by atoms with Crippen LogP contribution in [0.1, 0.15) is 5.69 Å². The summed E-state index contributed by atoms with van der Waals surface area (Å²) < 4.78 is 3.08. The van der Waals surface area contributed by atoms with Crippen LogP contribution in [0, 0.1) is 0 Å². The highest BCUT2D eigenvalue weighted by molar-refractivity contribution is 9.10. The largest absolute Gasteiger partial charge is 0.314 e. The summed E-state index contributed by atoms with van der Waals surface area (Å²) in [6, 6.07) is 8.13. The number of nitrogens with one attached hydrogen (secondary N) is 1. The molecule has 1 heterocycles. The third-order valence-corrected chi connectivity index (χ3v) is 2.59. The predicted molar refractivity (Wildman–Crippen MR) is 64.0 cm³/mol. The molecule has 0 saturated heterocycles. The van der Waals surface area contributed by atoms with Crippen molar-refractivity contribution in [2.45, 2.75) is 6.54 Å². The highest BCUT2D eigenvalue weighted by Crippen LogP contribution is 2.15. The fraction of sp³-hybridized carbons (Fsp3) is 0.182. The van der Waals surface area contributed by atoms with E-state index in [2.05, 4.69) is 38.4 Å². The smallest absolute Gasteiger partial charge is 0.0995 e. The van der Waals surface area contributed by atoms with Crippen molar-refractivity contribution >= 4 is 15.9 Å². The minimum atomic E-state index is 0.793. The lowest BCUT2D eigenvalue weighted by Crippen LogP contribution is -2.04. The first-order chi connectivity index (χ1) is 7.29. The van der Waals surface area contributed by atoms with Gasteiger partial charge in [-0.2, -0.15) is 0 Å². The van der Waals surface area contributed by atoms with Gasteiger partial charge in [-0.25, -0.2) is 4.98 Å². The summed E-state index contributed by atoms with van der Waals surface area (Å²) in [7, 11) is 1.91. The quantitative estimate of drug-likeness (QED) is 0.924. The van der Waals surface area contributed by atoms with Crippen LogP contribution in [0.25, 0.3) is 5.69 Å². The van der Waals surface area contributed by atoms with Gasteiger partial charge >= 0.3 is 0 Å². The number of halogens is 1. The molecule has 0 amide bonds. The minimum absolute atomic E-state index is 0.793. The Kier molecular flexibility index (Phi) is 3.18. The minimum Gasteiger partial charge on any atom is -0.314 e. The Morgan fingerprint density at radius 2 is 2.33 bits per heavy atom. The molecular weight excluding hydrogens is 254 g/mol. The highest BCUT2D eigenvalue weighted by atomic mass is 79.9. The zero-order valence-electron chi connectivity index (χ0n) is 8.44. The van der Waals surface area contributed by atoms with Gasteiger partial charge in [0.1, 0.15) is 0 Å². The molecule has 0 fully saturated rings. The Hall–Kier alpha value is -1.13. The third kappa shape index (κ3) is 2.46. The van der Waals surface area contributed by atoms with Crippen molar-refractivity contribution in [2.24, 2.45) is 0 Å². The van der Waals surface area contributed by atoms with Gasteiger partial charge in [0.25, 0.3) is 0 Å². The summed E-state index contributed by atoms with van der Waals surface area (Å²) in [6.45, 7) is 0.793. The topological polar surface area (TPSA) is 29.9 Å². The number of nitrogens with zero attached hydrogens (tertiary/aromatic N) is 2. The monoisotopic (exact) mass is 265 g/mol. The maximum Gasteiger partial charge on any atom is 0.0995 e. The standard InChI is InChI=1S/C11H12BrN3/c1-13-6-10-7-15(8-14-10)11-4-2-3-9(12)5-11/h2-5,7-8,13H,6H2,1H3. The molecule has 0 aliphatic carbocycles. The van der Waals surface area contributed by atoms with Crippen molar-refractivity contribution in [2.75, 3.05) is 7.05 Å². The average molecular weight is 266 g/mol. The average Bonchev–Trinajstić information content (AvgIpc) is 2.67. The molecule has 0 aliphatic rings. The lowest BCUT2D eigenvalue weighted by atomic mass is 10.3. The van der Waals surface area contributed by atoms with Crippen molar-refractivity contribution < 1.29 is 0 Å². The first-order valence-corrected chi connectivity index (χ1v) is 5.52. The van der Waals surface area contributed by atoms with Gasteiger partial charge in [-0.15, -0.1) is 0 Å². The molecule has 1 aromatic carbocycles. The van der Waals surface area contributed by atoms with Gasteiger partial charge in [-0.1, -0.05) is 22.0 Å². The molecule has 2 aromatic rings. The molecule has 0 spiro atoms. The second kappa shape index (κ2) is 4.59. The van der Waals surface area contributed by atoms with E-state index in [9.17, 15) is 0 Å². The van der Waals surface area contributed by atoms with Crippen LogP contribution < -0.4 is 5.32 Å². The Morgan fingerprint density at radius 3 is 3.07 bits per heavy atom. The van der Waals surface area contributed by atoms with Crippen LogP contribution in [0.3, 0.4) is 0 Å².